The summed E-state index contributed by atoms with van der Waals surface area (Å²) in [7, 11) is 1.72. The zero-order valence-corrected chi connectivity index (χ0v) is 14.3. The van der Waals surface area contributed by atoms with E-state index in [1.54, 1.807) is 7.11 Å². The Labute approximate surface area is 134 Å². The normalized spacial score (nSPS) is 11.1. The molecule has 0 amide bonds. The van der Waals surface area contributed by atoms with Crippen molar-refractivity contribution in [1.29, 1.82) is 0 Å². The van der Waals surface area contributed by atoms with Gasteiger partial charge in [0.15, 0.2) is 0 Å². The fourth-order valence-corrected chi connectivity index (χ4v) is 2.67. The van der Waals surface area contributed by atoms with Crippen molar-refractivity contribution < 1.29 is 4.74 Å². The average Bonchev–Trinajstić information content (AvgIpc) is 2.85. The molecule has 21 heavy (non-hydrogen) atoms. The maximum Gasteiger partial charge on any atom is 0.119 e. The molecule has 0 bridgehead atoms. The van der Waals surface area contributed by atoms with Gasteiger partial charge >= 0.3 is 0 Å². The molecule has 4 heteroatoms. The van der Waals surface area contributed by atoms with E-state index in [0.29, 0.717) is 6.04 Å². The second-order valence-electron chi connectivity index (χ2n) is 5.61. The first-order valence-electron chi connectivity index (χ1n) is 7.53. The molecule has 2 rings (SSSR count). The van der Waals surface area contributed by atoms with Gasteiger partial charge in [-0.2, -0.15) is 0 Å². The summed E-state index contributed by atoms with van der Waals surface area (Å²) in [5.74, 6) is 0.924. The Morgan fingerprint density at radius 3 is 2.62 bits per heavy atom. The minimum Gasteiger partial charge on any atom is -0.497 e. The Bertz CT molecular complexity index is 551. The first-order chi connectivity index (χ1) is 9.65. The van der Waals surface area contributed by atoms with Gasteiger partial charge in [0.1, 0.15) is 5.75 Å². The van der Waals surface area contributed by atoms with Gasteiger partial charge in [-0.3, -0.25) is 0 Å². The van der Waals surface area contributed by atoms with Crippen molar-refractivity contribution in [3.05, 3.63) is 30.0 Å². The van der Waals surface area contributed by atoms with E-state index < -0.39 is 0 Å². The molecule has 0 radical (unpaired) electrons. The highest BCUT2D eigenvalue weighted by Gasteiger charge is 2.10. The van der Waals surface area contributed by atoms with Gasteiger partial charge in [0.05, 0.1) is 7.11 Å². The lowest BCUT2D eigenvalue weighted by molar-refractivity contribution is 0.225. The molecule has 0 fully saturated rings. The van der Waals surface area contributed by atoms with E-state index in [-0.39, 0.29) is 12.4 Å². The third kappa shape index (κ3) is 4.39. The maximum atomic E-state index is 5.32. The summed E-state index contributed by atoms with van der Waals surface area (Å²) in [6.07, 6.45) is 4.42. The predicted molar refractivity (Wildman–Crippen MR) is 92.8 cm³/mol. The number of fused-ring (bicyclic) bond motifs is 1. The molecule has 0 aliphatic rings. The van der Waals surface area contributed by atoms with Crippen molar-refractivity contribution in [2.24, 2.45) is 0 Å². The van der Waals surface area contributed by atoms with Crippen molar-refractivity contribution in [3.63, 3.8) is 0 Å². The van der Waals surface area contributed by atoms with E-state index >= 15 is 0 Å². The molecular formula is C17H27ClN2O. The number of nitrogens with zero attached hydrogens (tertiary/aromatic N) is 1. The minimum atomic E-state index is 0. The van der Waals surface area contributed by atoms with E-state index in [4.69, 9.17) is 4.74 Å². The number of hydrogen-bond donors (Lipinski definition) is 1. The van der Waals surface area contributed by atoms with Crippen LogP contribution in [0.25, 0.3) is 10.9 Å². The number of methoxy groups -OCH3 is 1. The quantitative estimate of drug-likeness (QED) is 0.827. The van der Waals surface area contributed by atoms with Crippen LogP contribution in [0.1, 0.15) is 32.8 Å². The van der Waals surface area contributed by atoms with Gasteiger partial charge in [-0.1, -0.05) is 6.92 Å². The molecule has 0 saturated heterocycles. The topological polar surface area (TPSA) is 28.3 Å². The number of halogens is 1. The van der Waals surface area contributed by atoms with Crippen LogP contribution in [0.15, 0.2) is 24.4 Å². The van der Waals surface area contributed by atoms with E-state index in [2.05, 4.69) is 49.0 Å². The van der Waals surface area contributed by atoms with Gasteiger partial charge in [0, 0.05) is 29.7 Å². The summed E-state index contributed by atoms with van der Waals surface area (Å²) in [5.41, 5.74) is 2.56. The van der Waals surface area contributed by atoms with Crippen LogP contribution in [0.3, 0.4) is 0 Å². The molecule has 1 aromatic carbocycles. The number of aromatic nitrogens is 1. The van der Waals surface area contributed by atoms with Crippen LogP contribution >= 0.6 is 12.4 Å². The summed E-state index contributed by atoms with van der Waals surface area (Å²) in [6.45, 7) is 9.06. The summed E-state index contributed by atoms with van der Waals surface area (Å²) in [4.78, 5) is 5.89. The average molecular weight is 311 g/mol. The smallest absolute Gasteiger partial charge is 0.119 e. The first-order valence-corrected chi connectivity index (χ1v) is 7.53. The third-order valence-corrected chi connectivity index (χ3v) is 3.88. The summed E-state index contributed by atoms with van der Waals surface area (Å²) in [5, 5.41) is 1.28. The molecule has 0 atom stereocenters. The van der Waals surface area contributed by atoms with E-state index in [0.717, 1.165) is 18.7 Å². The highest BCUT2D eigenvalue weighted by Crippen LogP contribution is 2.24. The SMILES string of the molecule is CCCN(CCc1c[nH]c2ccc(OC)cc12)C(C)C.Cl. The van der Waals surface area contributed by atoms with Gasteiger partial charge in [0.2, 0.25) is 0 Å². The Hall–Kier alpha value is -1.19. The molecule has 118 valence electrons. The van der Waals surface area contributed by atoms with Gasteiger partial charge < -0.3 is 14.6 Å². The Balaban J connectivity index is 0.00000220. The molecule has 0 aliphatic heterocycles. The molecule has 1 N–H and O–H groups in total. The van der Waals surface area contributed by atoms with Crippen molar-refractivity contribution in [1.82, 2.24) is 9.88 Å². The van der Waals surface area contributed by atoms with Crippen LogP contribution in [0.2, 0.25) is 0 Å². The van der Waals surface area contributed by atoms with Gasteiger partial charge in [-0.05, 0) is 57.0 Å². The second-order valence-corrected chi connectivity index (χ2v) is 5.61. The molecule has 2 aromatic rings. The molecule has 0 unspecified atom stereocenters. The number of rotatable bonds is 7. The van der Waals surface area contributed by atoms with Crippen molar-refractivity contribution >= 4 is 23.3 Å². The zero-order valence-electron chi connectivity index (χ0n) is 13.5. The minimum absolute atomic E-state index is 0. The zero-order chi connectivity index (χ0) is 14.5. The lowest BCUT2D eigenvalue weighted by Gasteiger charge is -2.25. The number of nitrogens with one attached hydrogen (secondary N) is 1. The first kappa shape index (κ1) is 17.9. The van der Waals surface area contributed by atoms with Crippen molar-refractivity contribution in [2.75, 3.05) is 20.2 Å². The maximum absolute atomic E-state index is 5.32. The van der Waals surface area contributed by atoms with Crippen LogP contribution in [0.5, 0.6) is 5.75 Å². The number of ether oxygens (including phenoxy) is 1. The summed E-state index contributed by atoms with van der Waals surface area (Å²) >= 11 is 0. The van der Waals surface area contributed by atoms with Crippen LogP contribution in [-0.4, -0.2) is 36.1 Å². The Kier molecular flexibility index (Phi) is 7.06. The fraction of sp³-hybridized carbons (Fsp3) is 0.529. The predicted octanol–water partition coefficient (Wildman–Crippen LogP) is 4.26. The number of benzene rings is 1. The molecule has 0 spiro atoms. The molecule has 3 nitrogen and oxygen atoms in total. The molecule has 0 saturated carbocycles. The standard InChI is InChI=1S/C17H26N2O.ClH/c1-5-9-19(13(2)3)10-8-14-12-18-17-7-6-15(20-4)11-16(14)17;/h6-7,11-13,18H,5,8-10H2,1-4H3;1H. The molecule has 1 aromatic heterocycles. The fourth-order valence-electron chi connectivity index (χ4n) is 2.67. The Morgan fingerprint density at radius 1 is 1.24 bits per heavy atom. The third-order valence-electron chi connectivity index (χ3n) is 3.88. The van der Waals surface area contributed by atoms with Crippen LogP contribution in [-0.2, 0) is 6.42 Å². The van der Waals surface area contributed by atoms with Gasteiger partial charge in [-0.15, -0.1) is 12.4 Å². The van der Waals surface area contributed by atoms with Crippen LogP contribution < -0.4 is 4.74 Å². The monoisotopic (exact) mass is 310 g/mol. The van der Waals surface area contributed by atoms with E-state index in [1.807, 2.05) is 6.07 Å². The van der Waals surface area contributed by atoms with Crippen LogP contribution in [0, 0.1) is 0 Å². The Morgan fingerprint density at radius 2 is 2.00 bits per heavy atom. The van der Waals surface area contributed by atoms with E-state index in [9.17, 15) is 0 Å². The van der Waals surface area contributed by atoms with Crippen LogP contribution in [0.4, 0.5) is 0 Å². The van der Waals surface area contributed by atoms with Gasteiger partial charge in [0.25, 0.3) is 0 Å². The van der Waals surface area contributed by atoms with Crippen molar-refractivity contribution in [3.8, 4) is 5.75 Å². The number of aromatic amines is 1. The molecule has 1 heterocycles. The van der Waals surface area contributed by atoms with Crippen molar-refractivity contribution in [2.45, 2.75) is 39.7 Å². The lowest BCUT2D eigenvalue weighted by Crippen LogP contribution is -2.33. The number of hydrogen-bond acceptors (Lipinski definition) is 2. The van der Waals surface area contributed by atoms with E-state index in [1.165, 1.54) is 29.4 Å². The highest BCUT2D eigenvalue weighted by molar-refractivity contribution is 5.85. The largest absolute Gasteiger partial charge is 0.497 e. The molecule has 0 aliphatic carbocycles. The number of H-pyrrole nitrogens is 1. The summed E-state index contributed by atoms with van der Waals surface area (Å²) < 4.78 is 5.32. The van der Waals surface area contributed by atoms with Gasteiger partial charge in [-0.25, -0.2) is 0 Å². The second kappa shape index (κ2) is 8.30. The molecular weight excluding hydrogens is 284 g/mol. The lowest BCUT2D eigenvalue weighted by atomic mass is 10.1. The summed E-state index contributed by atoms with van der Waals surface area (Å²) in [6, 6.07) is 6.82. The highest BCUT2D eigenvalue weighted by atomic mass is 35.5.